The van der Waals surface area contributed by atoms with Crippen LogP contribution in [0.4, 0.5) is 0 Å². The Morgan fingerprint density at radius 2 is 1.63 bits per heavy atom. The van der Waals surface area contributed by atoms with Crippen LogP contribution in [0.25, 0.3) is 54.1 Å². The summed E-state index contributed by atoms with van der Waals surface area (Å²) >= 11 is 1.86. The van der Waals surface area contributed by atoms with Gasteiger partial charge in [0.15, 0.2) is 11.2 Å². The van der Waals surface area contributed by atoms with Crippen LogP contribution < -0.4 is 0 Å². The lowest BCUT2D eigenvalue weighted by Crippen LogP contribution is -2.12. The fourth-order valence-corrected chi connectivity index (χ4v) is 6.59. The SMILES string of the molecule is Cc1sc2c(ccc3c4ccnc(-c5cc(C(C)(C)C)c6ccccc6c5)c4oc32)c1CC(C)C. The van der Waals surface area contributed by atoms with Gasteiger partial charge in [-0.3, -0.25) is 4.98 Å². The van der Waals surface area contributed by atoms with Crippen LogP contribution in [0.5, 0.6) is 0 Å². The molecule has 0 aliphatic carbocycles. The Labute approximate surface area is 210 Å². The lowest BCUT2D eigenvalue weighted by Gasteiger charge is -2.22. The number of furan rings is 1. The molecule has 0 N–H and O–H groups in total. The van der Waals surface area contributed by atoms with Crippen LogP contribution in [0, 0.1) is 12.8 Å². The Balaban J connectivity index is 1.64. The van der Waals surface area contributed by atoms with E-state index in [1.165, 1.54) is 42.2 Å². The van der Waals surface area contributed by atoms with Gasteiger partial charge >= 0.3 is 0 Å². The van der Waals surface area contributed by atoms with E-state index in [1.54, 1.807) is 0 Å². The molecular weight excluding hydrogens is 446 g/mol. The third kappa shape index (κ3) is 3.56. The predicted molar refractivity (Wildman–Crippen MR) is 152 cm³/mol. The zero-order valence-corrected chi connectivity index (χ0v) is 22.1. The predicted octanol–water partition coefficient (Wildman–Crippen LogP) is 9.82. The Morgan fingerprint density at radius 1 is 0.886 bits per heavy atom. The first-order valence-corrected chi connectivity index (χ1v) is 13.3. The van der Waals surface area contributed by atoms with E-state index >= 15 is 0 Å². The Kier molecular flexibility index (Phi) is 5.05. The summed E-state index contributed by atoms with van der Waals surface area (Å²) < 4.78 is 7.97. The topological polar surface area (TPSA) is 26.0 Å². The molecule has 0 atom stereocenters. The summed E-state index contributed by atoms with van der Waals surface area (Å²) in [6.45, 7) is 13.6. The number of rotatable bonds is 3. The van der Waals surface area contributed by atoms with Crippen LogP contribution in [-0.2, 0) is 11.8 Å². The first-order valence-electron chi connectivity index (χ1n) is 12.5. The van der Waals surface area contributed by atoms with Crippen LogP contribution in [0.1, 0.15) is 50.6 Å². The van der Waals surface area contributed by atoms with Crippen molar-refractivity contribution >= 4 is 54.1 Å². The maximum atomic E-state index is 6.71. The molecule has 176 valence electrons. The van der Waals surface area contributed by atoms with Gasteiger partial charge in [0.05, 0.1) is 4.70 Å². The fourth-order valence-electron chi connectivity index (χ4n) is 5.42. The second-order valence-electron chi connectivity index (χ2n) is 11.2. The van der Waals surface area contributed by atoms with Crippen LogP contribution >= 0.6 is 11.3 Å². The van der Waals surface area contributed by atoms with Gasteiger partial charge in [0.25, 0.3) is 0 Å². The molecule has 6 rings (SSSR count). The van der Waals surface area contributed by atoms with Gasteiger partial charge in [0, 0.05) is 27.4 Å². The van der Waals surface area contributed by atoms with E-state index in [2.05, 4.69) is 96.1 Å². The van der Waals surface area contributed by atoms with E-state index in [1.807, 2.05) is 17.5 Å². The highest BCUT2D eigenvalue weighted by atomic mass is 32.1. The monoisotopic (exact) mass is 477 g/mol. The Morgan fingerprint density at radius 3 is 2.40 bits per heavy atom. The molecule has 6 aromatic rings. The van der Waals surface area contributed by atoms with E-state index in [4.69, 9.17) is 9.40 Å². The molecule has 0 amide bonds. The zero-order chi connectivity index (χ0) is 24.5. The third-order valence-corrected chi connectivity index (χ3v) is 8.23. The normalized spacial score (nSPS) is 12.7. The van der Waals surface area contributed by atoms with Gasteiger partial charge in [0.2, 0.25) is 0 Å². The molecule has 0 radical (unpaired) electrons. The van der Waals surface area contributed by atoms with E-state index in [0.29, 0.717) is 5.92 Å². The number of fused-ring (bicyclic) bond motifs is 6. The Bertz CT molecular complexity index is 1740. The van der Waals surface area contributed by atoms with Crippen molar-refractivity contribution in [2.45, 2.75) is 53.4 Å². The minimum atomic E-state index is 0.0187. The minimum Gasteiger partial charge on any atom is -0.452 e. The first-order chi connectivity index (χ1) is 16.7. The van der Waals surface area contributed by atoms with E-state index in [0.717, 1.165) is 34.2 Å². The van der Waals surface area contributed by atoms with Gasteiger partial charge in [-0.2, -0.15) is 0 Å². The second kappa shape index (κ2) is 7.93. The molecule has 0 saturated carbocycles. The molecule has 0 bridgehead atoms. The van der Waals surface area contributed by atoms with Crippen LogP contribution in [0.15, 0.2) is 65.2 Å². The van der Waals surface area contributed by atoms with E-state index < -0.39 is 0 Å². The average molecular weight is 478 g/mol. The molecule has 2 nitrogen and oxygen atoms in total. The quantitative estimate of drug-likeness (QED) is 0.253. The molecule has 0 spiro atoms. The number of aryl methyl sites for hydroxylation is 1. The summed E-state index contributed by atoms with van der Waals surface area (Å²) in [7, 11) is 0. The zero-order valence-electron chi connectivity index (χ0n) is 21.3. The summed E-state index contributed by atoms with van der Waals surface area (Å²) in [5.41, 5.74) is 6.70. The minimum absolute atomic E-state index is 0.0187. The van der Waals surface area contributed by atoms with Crippen molar-refractivity contribution in [2.75, 3.05) is 0 Å². The number of aromatic nitrogens is 1. The van der Waals surface area contributed by atoms with Gasteiger partial charge in [-0.25, -0.2) is 0 Å². The van der Waals surface area contributed by atoms with Gasteiger partial charge in [-0.1, -0.05) is 65.0 Å². The van der Waals surface area contributed by atoms with Gasteiger partial charge in [0.1, 0.15) is 5.69 Å². The van der Waals surface area contributed by atoms with Crippen molar-refractivity contribution < 1.29 is 4.42 Å². The number of nitrogens with zero attached hydrogens (tertiary/aromatic N) is 1. The van der Waals surface area contributed by atoms with Crippen molar-refractivity contribution in [1.29, 1.82) is 0 Å². The Hall–Kier alpha value is -3.17. The number of hydrogen-bond acceptors (Lipinski definition) is 3. The number of hydrogen-bond donors (Lipinski definition) is 0. The van der Waals surface area contributed by atoms with Crippen LogP contribution in [-0.4, -0.2) is 4.98 Å². The van der Waals surface area contributed by atoms with Gasteiger partial charge < -0.3 is 4.42 Å². The van der Waals surface area contributed by atoms with Crippen molar-refractivity contribution in [3.8, 4) is 11.3 Å². The molecule has 0 aliphatic rings. The van der Waals surface area contributed by atoms with Crippen molar-refractivity contribution in [2.24, 2.45) is 5.92 Å². The van der Waals surface area contributed by atoms with Crippen molar-refractivity contribution in [3.05, 3.63) is 76.8 Å². The lowest BCUT2D eigenvalue weighted by molar-refractivity contribution is 0.596. The maximum absolute atomic E-state index is 6.71. The molecule has 0 aliphatic heterocycles. The molecule has 3 heterocycles. The summed E-state index contributed by atoms with van der Waals surface area (Å²) in [6, 6.07) is 19.8. The van der Waals surface area contributed by atoms with Gasteiger partial charge in [-0.15, -0.1) is 11.3 Å². The van der Waals surface area contributed by atoms with E-state index in [-0.39, 0.29) is 5.41 Å². The fraction of sp³-hybridized carbons (Fsp3) is 0.281. The highest BCUT2D eigenvalue weighted by Gasteiger charge is 2.22. The molecule has 0 fully saturated rings. The number of pyridine rings is 1. The van der Waals surface area contributed by atoms with E-state index in [9.17, 15) is 0 Å². The molecule has 0 saturated heterocycles. The van der Waals surface area contributed by atoms with Gasteiger partial charge in [-0.05, 0) is 76.2 Å². The molecule has 35 heavy (non-hydrogen) atoms. The summed E-state index contributed by atoms with van der Waals surface area (Å²) in [5.74, 6) is 0.624. The second-order valence-corrected chi connectivity index (χ2v) is 12.4. The largest absolute Gasteiger partial charge is 0.452 e. The smallest absolute Gasteiger partial charge is 0.161 e. The molecular formula is C32H31NOS. The third-order valence-electron chi connectivity index (χ3n) is 7.07. The molecule has 3 aromatic carbocycles. The summed E-state index contributed by atoms with van der Waals surface area (Å²) in [6.07, 6.45) is 3.02. The molecule has 0 unspecified atom stereocenters. The number of thiophene rings is 1. The lowest BCUT2D eigenvalue weighted by atomic mass is 9.82. The average Bonchev–Trinajstić information content (AvgIpc) is 3.35. The highest BCUT2D eigenvalue weighted by molar-refractivity contribution is 7.20. The number of benzene rings is 3. The van der Waals surface area contributed by atoms with Crippen LogP contribution in [0.2, 0.25) is 0 Å². The van der Waals surface area contributed by atoms with Crippen molar-refractivity contribution in [3.63, 3.8) is 0 Å². The molecule has 3 aromatic heterocycles. The molecule has 3 heteroatoms. The highest BCUT2D eigenvalue weighted by Crippen LogP contribution is 2.43. The van der Waals surface area contributed by atoms with Crippen LogP contribution in [0.3, 0.4) is 0 Å². The maximum Gasteiger partial charge on any atom is 0.161 e. The van der Waals surface area contributed by atoms with Crippen molar-refractivity contribution in [1.82, 2.24) is 4.98 Å². The summed E-state index contributed by atoms with van der Waals surface area (Å²) in [5, 5.41) is 6.18. The summed E-state index contributed by atoms with van der Waals surface area (Å²) in [4.78, 5) is 6.25. The standard InChI is InChI=1S/C32H31NOS/c1-18(2)15-26-19(3)35-31-25(26)12-11-23-24-13-14-33-28(29(24)34-30(23)31)21-16-20-9-7-8-10-22(20)27(17-21)32(4,5)6/h7-14,16-18H,15H2,1-6H3. The first kappa shape index (κ1) is 22.3.